The van der Waals surface area contributed by atoms with Crippen LogP contribution in [-0.4, -0.2) is 52.2 Å². The third kappa shape index (κ3) is 3.79. The molecule has 6 heteroatoms. The lowest BCUT2D eigenvalue weighted by Gasteiger charge is -2.40. The van der Waals surface area contributed by atoms with E-state index in [0.717, 1.165) is 31.0 Å². The van der Waals surface area contributed by atoms with E-state index >= 15 is 0 Å². The molecule has 0 bridgehead atoms. The molecule has 0 N–H and O–H groups in total. The lowest BCUT2D eigenvalue weighted by atomic mass is 10.0. The van der Waals surface area contributed by atoms with Gasteiger partial charge in [-0.05, 0) is 33.4 Å². The first-order valence-electron chi connectivity index (χ1n) is 9.12. The highest BCUT2D eigenvalue weighted by atomic mass is 35.5. The third-order valence-electron chi connectivity index (χ3n) is 5.21. The van der Waals surface area contributed by atoms with Crippen molar-refractivity contribution in [1.29, 1.82) is 0 Å². The topological polar surface area (TPSA) is 41.4 Å². The molecule has 0 aliphatic carbocycles. The fourth-order valence-electron chi connectivity index (χ4n) is 3.71. The van der Waals surface area contributed by atoms with E-state index < -0.39 is 0 Å². The Morgan fingerprint density at radius 1 is 1.27 bits per heavy atom. The molecule has 2 heterocycles. The number of hydrogen-bond donors (Lipinski definition) is 0. The zero-order valence-corrected chi connectivity index (χ0v) is 16.7. The Balaban J connectivity index is 1.77. The normalized spacial score (nSPS) is 19.6. The zero-order valence-electron chi connectivity index (χ0n) is 15.9. The number of amides is 1. The number of nitrogens with zero attached hydrogens (tertiary/aromatic N) is 4. The summed E-state index contributed by atoms with van der Waals surface area (Å²) in [7, 11) is 2.11. The van der Waals surface area contributed by atoms with E-state index in [-0.39, 0.29) is 18.0 Å². The quantitative estimate of drug-likeness (QED) is 0.820. The highest BCUT2D eigenvalue weighted by molar-refractivity contribution is 6.31. The van der Waals surface area contributed by atoms with Crippen LogP contribution in [0.25, 0.3) is 0 Å². The molecule has 0 spiro atoms. The van der Waals surface area contributed by atoms with Gasteiger partial charge < -0.3 is 9.80 Å². The van der Waals surface area contributed by atoms with Gasteiger partial charge in [0, 0.05) is 26.1 Å². The maximum Gasteiger partial charge on any atom is 0.225 e. The zero-order chi connectivity index (χ0) is 18.8. The second kappa shape index (κ2) is 7.80. The molecule has 0 saturated carbocycles. The van der Waals surface area contributed by atoms with Gasteiger partial charge in [0.25, 0.3) is 0 Å². The number of hydrogen-bond acceptors (Lipinski definition) is 3. The van der Waals surface area contributed by atoms with Gasteiger partial charge in [0.15, 0.2) is 0 Å². The summed E-state index contributed by atoms with van der Waals surface area (Å²) in [5, 5.41) is 5.19. The minimum absolute atomic E-state index is 0.0234. The SMILES string of the molecule is Cc1nn(C(C)CC(=O)N2CCN(C)CC2c2ccccc2)c(C)c1Cl. The van der Waals surface area contributed by atoms with Gasteiger partial charge in [-0.15, -0.1) is 0 Å². The van der Waals surface area contributed by atoms with Crippen molar-refractivity contribution in [2.24, 2.45) is 0 Å². The molecule has 1 aromatic carbocycles. The summed E-state index contributed by atoms with van der Waals surface area (Å²) < 4.78 is 1.88. The molecule has 2 unspecified atom stereocenters. The molecule has 2 atom stereocenters. The predicted molar refractivity (Wildman–Crippen MR) is 104 cm³/mol. The summed E-state index contributed by atoms with van der Waals surface area (Å²) in [5.41, 5.74) is 2.92. The Bertz CT molecular complexity index is 774. The molecule has 1 fully saturated rings. The molecule has 1 aliphatic heterocycles. The predicted octanol–water partition coefficient (Wildman–Crippen LogP) is 3.62. The summed E-state index contributed by atoms with van der Waals surface area (Å²) in [4.78, 5) is 17.4. The van der Waals surface area contributed by atoms with Gasteiger partial charge in [-0.2, -0.15) is 5.10 Å². The number of aryl methyl sites for hydroxylation is 1. The van der Waals surface area contributed by atoms with Crippen LogP contribution in [0.2, 0.25) is 5.02 Å². The van der Waals surface area contributed by atoms with Crippen molar-refractivity contribution in [3.05, 3.63) is 52.3 Å². The third-order valence-corrected chi connectivity index (χ3v) is 5.76. The Hall–Kier alpha value is -1.85. The van der Waals surface area contributed by atoms with Crippen LogP contribution in [0.1, 0.15) is 42.4 Å². The average molecular weight is 375 g/mol. The maximum absolute atomic E-state index is 13.1. The number of likely N-dealkylation sites (N-methyl/N-ethyl adjacent to an activating group) is 1. The second-order valence-corrected chi connectivity index (χ2v) is 7.64. The van der Waals surface area contributed by atoms with Crippen LogP contribution in [0.5, 0.6) is 0 Å². The average Bonchev–Trinajstić information content (AvgIpc) is 2.89. The lowest BCUT2D eigenvalue weighted by molar-refractivity contribution is -0.137. The molecule has 5 nitrogen and oxygen atoms in total. The summed E-state index contributed by atoms with van der Waals surface area (Å²) in [6, 6.07) is 10.4. The minimum Gasteiger partial charge on any atom is -0.333 e. The van der Waals surface area contributed by atoms with Crippen LogP contribution in [-0.2, 0) is 4.79 Å². The Morgan fingerprint density at radius 3 is 2.58 bits per heavy atom. The van der Waals surface area contributed by atoms with Gasteiger partial charge in [-0.3, -0.25) is 9.48 Å². The van der Waals surface area contributed by atoms with E-state index in [2.05, 4.69) is 29.2 Å². The number of carbonyl (C=O) groups excluding carboxylic acids is 1. The molecule has 1 aliphatic rings. The van der Waals surface area contributed by atoms with Crippen molar-refractivity contribution in [2.45, 2.75) is 39.3 Å². The summed E-state index contributed by atoms with van der Waals surface area (Å²) in [6.45, 7) is 8.38. The molecule has 140 valence electrons. The first-order chi connectivity index (χ1) is 12.4. The van der Waals surface area contributed by atoms with Crippen LogP contribution < -0.4 is 0 Å². The number of rotatable bonds is 4. The second-order valence-electron chi connectivity index (χ2n) is 7.26. The van der Waals surface area contributed by atoms with E-state index in [1.54, 1.807) is 0 Å². The summed E-state index contributed by atoms with van der Waals surface area (Å²) >= 11 is 6.26. The number of aromatic nitrogens is 2. The molecular weight excluding hydrogens is 348 g/mol. The Labute approximate surface area is 160 Å². The van der Waals surface area contributed by atoms with Gasteiger partial charge in [-0.1, -0.05) is 41.9 Å². The number of piperazine rings is 1. The van der Waals surface area contributed by atoms with E-state index in [4.69, 9.17) is 11.6 Å². The van der Waals surface area contributed by atoms with Gasteiger partial charge in [-0.25, -0.2) is 0 Å². The fraction of sp³-hybridized carbons (Fsp3) is 0.500. The van der Waals surface area contributed by atoms with Crippen molar-refractivity contribution in [2.75, 3.05) is 26.7 Å². The van der Waals surface area contributed by atoms with Crippen molar-refractivity contribution in [1.82, 2.24) is 19.6 Å². The van der Waals surface area contributed by atoms with Crippen molar-refractivity contribution >= 4 is 17.5 Å². The highest BCUT2D eigenvalue weighted by Gasteiger charge is 2.31. The van der Waals surface area contributed by atoms with Gasteiger partial charge in [0.1, 0.15) is 0 Å². The lowest BCUT2D eigenvalue weighted by Crippen LogP contribution is -2.49. The van der Waals surface area contributed by atoms with Crippen LogP contribution in [0.4, 0.5) is 0 Å². The molecule has 0 radical (unpaired) electrons. The number of benzene rings is 1. The molecule has 1 saturated heterocycles. The van der Waals surface area contributed by atoms with Crippen LogP contribution >= 0.6 is 11.6 Å². The van der Waals surface area contributed by atoms with Crippen molar-refractivity contribution in [3.8, 4) is 0 Å². The molecule has 3 rings (SSSR count). The molecule has 26 heavy (non-hydrogen) atoms. The van der Waals surface area contributed by atoms with E-state index in [9.17, 15) is 4.79 Å². The smallest absolute Gasteiger partial charge is 0.225 e. The van der Waals surface area contributed by atoms with Gasteiger partial charge in [0.05, 0.1) is 28.5 Å². The van der Waals surface area contributed by atoms with Crippen molar-refractivity contribution < 1.29 is 4.79 Å². The first-order valence-corrected chi connectivity index (χ1v) is 9.50. The monoisotopic (exact) mass is 374 g/mol. The first kappa shape index (κ1) is 18.9. The largest absolute Gasteiger partial charge is 0.333 e. The molecule has 1 amide bonds. The Kier molecular flexibility index (Phi) is 5.68. The van der Waals surface area contributed by atoms with E-state index in [1.165, 1.54) is 5.56 Å². The van der Waals surface area contributed by atoms with Crippen LogP contribution in [0.15, 0.2) is 30.3 Å². The maximum atomic E-state index is 13.1. The van der Waals surface area contributed by atoms with Crippen LogP contribution in [0.3, 0.4) is 0 Å². The number of carbonyl (C=O) groups is 1. The minimum atomic E-state index is -0.0234. The Morgan fingerprint density at radius 2 is 1.96 bits per heavy atom. The van der Waals surface area contributed by atoms with Crippen LogP contribution in [0, 0.1) is 13.8 Å². The number of halogens is 1. The highest BCUT2D eigenvalue weighted by Crippen LogP contribution is 2.28. The molecule has 2 aromatic rings. The summed E-state index contributed by atoms with van der Waals surface area (Å²) in [6.07, 6.45) is 0.422. The molecule has 1 aromatic heterocycles. The summed E-state index contributed by atoms with van der Waals surface area (Å²) in [5.74, 6) is 0.170. The van der Waals surface area contributed by atoms with Crippen molar-refractivity contribution in [3.63, 3.8) is 0 Å². The van der Waals surface area contributed by atoms with Gasteiger partial charge in [0.2, 0.25) is 5.91 Å². The standard InChI is InChI=1S/C20H27ClN4O/c1-14(25-16(3)20(21)15(2)22-25)12-19(26)24-11-10-23(4)13-18(24)17-8-6-5-7-9-17/h5-9,14,18H,10-13H2,1-4H3. The van der Waals surface area contributed by atoms with Gasteiger partial charge >= 0.3 is 0 Å². The molecular formula is C20H27ClN4O. The van der Waals surface area contributed by atoms with E-state index in [1.807, 2.05) is 48.6 Å². The van der Waals surface area contributed by atoms with E-state index in [0.29, 0.717) is 11.4 Å². The fourth-order valence-corrected chi connectivity index (χ4v) is 3.83.